The summed E-state index contributed by atoms with van der Waals surface area (Å²) in [7, 11) is 2.08. The van der Waals surface area contributed by atoms with Gasteiger partial charge in [-0.25, -0.2) is 4.98 Å². The molecule has 2 aromatic rings. The minimum atomic E-state index is 0.301. The molecule has 0 spiro atoms. The average molecular weight is 229 g/mol. The summed E-state index contributed by atoms with van der Waals surface area (Å²) in [6, 6.07) is 8.29. The summed E-state index contributed by atoms with van der Waals surface area (Å²) in [6.07, 6.45) is 5.06. The Morgan fingerprint density at radius 3 is 2.71 bits per heavy atom. The van der Waals surface area contributed by atoms with Gasteiger partial charge in [-0.05, 0) is 37.8 Å². The molecule has 1 N–H and O–H groups in total. The Balaban J connectivity index is 1.98. The number of para-hydroxylation sites is 2. The monoisotopic (exact) mass is 229 g/mol. The van der Waals surface area contributed by atoms with E-state index >= 15 is 0 Å². The molecule has 1 aliphatic rings. The molecule has 0 atom stereocenters. The van der Waals surface area contributed by atoms with Crippen LogP contribution in [0.3, 0.4) is 0 Å². The molecule has 0 radical (unpaired) electrons. The molecule has 3 rings (SSSR count). The smallest absolute Gasteiger partial charge is 0.204 e. The first-order valence-corrected chi connectivity index (χ1v) is 6.44. The van der Waals surface area contributed by atoms with Crippen LogP contribution in [-0.4, -0.2) is 15.1 Å². The van der Waals surface area contributed by atoms with Gasteiger partial charge in [0.1, 0.15) is 0 Å². The van der Waals surface area contributed by atoms with E-state index in [4.69, 9.17) is 0 Å². The van der Waals surface area contributed by atoms with Crippen LogP contribution < -0.4 is 5.32 Å². The molecular formula is C14H19N3. The number of aryl methyl sites for hydroxylation is 1. The summed E-state index contributed by atoms with van der Waals surface area (Å²) in [5.74, 6) is 1.01. The minimum absolute atomic E-state index is 0.301. The van der Waals surface area contributed by atoms with E-state index in [1.54, 1.807) is 0 Å². The summed E-state index contributed by atoms with van der Waals surface area (Å²) >= 11 is 0. The molecule has 0 saturated heterocycles. The van der Waals surface area contributed by atoms with Crippen molar-refractivity contribution in [2.24, 2.45) is 7.05 Å². The van der Waals surface area contributed by atoms with Gasteiger partial charge in [0.05, 0.1) is 11.0 Å². The second-order valence-corrected chi connectivity index (χ2v) is 5.10. The zero-order valence-electron chi connectivity index (χ0n) is 10.5. The molecule has 3 heteroatoms. The van der Waals surface area contributed by atoms with Gasteiger partial charge in [-0.2, -0.15) is 0 Å². The third-order valence-corrected chi connectivity index (χ3v) is 4.15. The maximum Gasteiger partial charge on any atom is 0.204 e. The third-order valence-electron chi connectivity index (χ3n) is 4.15. The van der Waals surface area contributed by atoms with Crippen LogP contribution in [0.25, 0.3) is 11.0 Å². The number of hydrogen-bond donors (Lipinski definition) is 1. The molecule has 1 heterocycles. The maximum absolute atomic E-state index is 4.68. The Hall–Kier alpha value is -1.51. The largest absolute Gasteiger partial charge is 0.350 e. The fraction of sp³-hybridized carbons (Fsp3) is 0.500. The number of imidazole rings is 1. The van der Waals surface area contributed by atoms with Crippen molar-refractivity contribution in [2.45, 2.75) is 38.1 Å². The van der Waals surface area contributed by atoms with Crippen molar-refractivity contribution in [2.75, 3.05) is 5.32 Å². The quantitative estimate of drug-likeness (QED) is 0.875. The van der Waals surface area contributed by atoms with Crippen molar-refractivity contribution in [3.05, 3.63) is 24.3 Å². The van der Waals surface area contributed by atoms with Gasteiger partial charge in [0.15, 0.2) is 0 Å². The summed E-state index contributed by atoms with van der Waals surface area (Å²) in [4.78, 5) is 4.68. The highest BCUT2D eigenvalue weighted by Crippen LogP contribution is 2.38. The highest BCUT2D eigenvalue weighted by molar-refractivity contribution is 5.78. The van der Waals surface area contributed by atoms with Crippen LogP contribution in [0.5, 0.6) is 0 Å². The molecule has 0 unspecified atom stereocenters. The molecule has 0 aliphatic heterocycles. The predicted octanol–water partition coefficient (Wildman–Crippen LogP) is 3.32. The number of anilines is 1. The second kappa shape index (κ2) is 3.76. The zero-order valence-corrected chi connectivity index (χ0v) is 10.5. The number of benzene rings is 1. The summed E-state index contributed by atoms with van der Waals surface area (Å²) in [5, 5.41) is 3.65. The second-order valence-electron chi connectivity index (χ2n) is 5.10. The minimum Gasteiger partial charge on any atom is -0.350 e. The molecular weight excluding hydrogens is 210 g/mol. The van der Waals surface area contributed by atoms with Gasteiger partial charge < -0.3 is 9.88 Å². The summed E-state index contributed by atoms with van der Waals surface area (Å²) in [6.45, 7) is 2.26. The summed E-state index contributed by atoms with van der Waals surface area (Å²) in [5.41, 5.74) is 2.57. The van der Waals surface area contributed by atoms with Crippen LogP contribution in [0.2, 0.25) is 0 Å². The molecule has 1 aromatic carbocycles. The van der Waals surface area contributed by atoms with E-state index < -0.39 is 0 Å². The third kappa shape index (κ3) is 1.61. The Kier molecular flexibility index (Phi) is 2.35. The van der Waals surface area contributed by atoms with E-state index in [0.29, 0.717) is 5.54 Å². The van der Waals surface area contributed by atoms with E-state index in [0.717, 1.165) is 11.5 Å². The van der Waals surface area contributed by atoms with Gasteiger partial charge in [0, 0.05) is 12.6 Å². The molecule has 3 nitrogen and oxygen atoms in total. The number of aromatic nitrogens is 2. The van der Waals surface area contributed by atoms with Crippen LogP contribution in [0, 0.1) is 0 Å². The number of nitrogens with one attached hydrogen (secondary N) is 1. The lowest BCUT2D eigenvalue weighted by Gasteiger charge is -2.42. The Bertz CT molecular complexity index is 532. The van der Waals surface area contributed by atoms with Crippen LogP contribution in [0.1, 0.15) is 32.6 Å². The van der Waals surface area contributed by atoms with Crippen LogP contribution >= 0.6 is 0 Å². The first-order valence-electron chi connectivity index (χ1n) is 6.44. The molecule has 0 amide bonds. The van der Waals surface area contributed by atoms with Crippen LogP contribution in [0.15, 0.2) is 24.3 Å². The van der Waals surface area contributed by atoms with Crippen LogP contribution in [0.4, 0.5) is 5.95 Å². The average Bonchev–Trinajstić information content (AvgIpc) is 2.62. The first-order chi connectivity index (χ1) is 8.24. The number of fused-ring (bicyclic) bond motifs is 1. The van der Waals surface area contributed by atoms with Crippen molar-refractivity contribution < 1.29 is 0 Å². The van der Waals surface area contributed by atoms with Crippen LogP contribution in [-0.2, 0) is 7.05 Å². The summed E-state index contributed by atoms with van der Waals surface area (Å²) < 4.78 is 2.16. The zero-order chi connectivity index (χ0) is 11.9. The molecule has 1 aliphatic carbocycles. The Labute approximate surface area is 102 Å². The lowest BCUT2D eigenvalue weighted by Crippen LogP contribution is -2.44. The number of hydrogen-bond acceptors (Lipinski definition) is 2. The van der Waals surface area contributed by atoms with E-state index in [1.807, 2.05) is 6.07 Å². The van der Waals surface area contributed by atoms with E-state index in [9.17, 15) is 0 Å². The van der Waals surface area contributed by atoms with Gasteiger partial charge in [-0.15, -0.1) is 0 Å². The predicted molar refractivity (Wildman–Crippen MR) is 71.2 cm³/mol. The normalized spacial score (nSPS) is 18.0. The van der Waals surface area contributed by atoms with Gasteiger partial charge in [-0.1, -0.05) is 19.1 Å². The van der Waals surface area contributed by atoms with E-state index in [1.165, 1.54) is 31.2 Å². The molecule has 17 heavy (non-hydrogen) atoms. The van der Waals surface area contributed by atoms with Gasteiger partial charge >= 0.3 is 0 Å². The molecule has 1 saturated carbocycles. The maximum atomic E-state index is 4.68. The number of rotatable bonds is 3. The standard InChI is InChI=1S/C14H19N3/c1-3-14(9-6-10-14)16-13-15-11-7-4-5-8-12(11)17(13)2/h4-5,7-8H,3,6,9-10H2,1-2H3,(H,15,16). The van der Waals surface area contributed by atoms with E-state index in [2.05, 4.69) is 47.0 Å². The van der Waals surface area contributed by atoms with Gasteiger partial charge in [-0.3, -0.25) is 0 Å². The molecule has 0 bridgehead atoms. The first kappa shape index (κ1) is 10.6. The SMILES string of the molecule is CCC1(Nc2nc3ccccc3n2C)CCC1. The lowest BCUT2D eigenvalue weighted by atomic mass is 9.75. The molecule has 90 valence electrons. The van der Waals surface area contributed by atoms with Gasteiger partial charge in [0.2, 0.25) is 5.95 Å². The van der Waals surface area contributed by atoms with Gasteiger partial charge in [0.25, 0.3) is 0 Å². The highest BCUT2D eigenvalue weighted by Gasteiger charge is 2.35. The lowest BCUT2D eigenvalue weighted by molar-refractivity contribution is 0.267. The molecule has 1 aromatic heterocycles. The Morgan fingerprint density at radius 2 is 2.12 bits per heavy atom. The van der Waals surface area contributed by atoms with E-state index in [-0.39, 0.29) is 0 Å². The van der Waals surface area contributed by atoms with Crippen molar-refractivity contribution in [3.63, 3.8) is 0 Å². The fourth-order valence-electron chi connectivity index (χ4n) is 2.66. The number of nitrogens with zero attached hydrogens (tertiary/aromatic N) is 2. The highest BCUT2D eigenvalue weighted by atomic mass is 15.2. The molecule has 1 fully saturated rings. The topological polar surface area (TPSA) is 29.9 Å². The van der Waals surface area contributed by atoms with Crippen molar-refractivity contribution >= 4 is 17.0 Å². The van der Waals surface area contributed by atoms with Crippen molar-refractivity contribution in [1.82, 2.24) is 9.55 Å². The van der Waals surface area contributed by atoms with Crippen molar-refractivity contribution in [3.8, 4) is 0 Å². The Morgan fingerprint density at radius 1 is 1.35 bits per heavy atom. The van der Waals surface area contributed by atoms with Crippen molar-refractivity contribution in [1.29, 1.82) is 0 Å². The fourth-order valence-corrected chi connectivity index (χ4v) is 2.66.